The zero-order valence-corrected chi connectivity index (χ0v) is 15.0. The van der Waals surface area contributed by atoms with Gasteiger partial charge in [-0.2, -0.15) is 0 Å². The monoisotopic (exact) mass is 445 g/mol. The summed E-state index contributed by atoms with van der Waals surface area (Å²) in [5, 5.41) is 9.65. The lowest BCUT2D eigenvalue weighted by molar-refractivity contribution is 0.397. The Balaban J connectivity index is 2.15. The molecule has 0 fully saturated rings. The molecule has 0 aliphatic carbocycles. The average molecular weight is 446 g/mol. The quantitative estimate of drug-likeness (QED) is 0.569. The van der Waals surface area contributed by atoms with Gasteiger partial charge in [0.2, 0.25) is 5.88 Å². The highest BCUT2D eigenvalue weighted by molar-refractivity contribution is 14.2. The second-order valence-corrected chi connectivity index (χ2v) is 6.52. The van der Waals surface area contributed by atoms with Crippen molar-refractivity contribution in [1.29, 1.82) is 0 Å². The molecule has 3 rings (SSSR count). The fourth-order valence-electron chi connectivity index (χ4n) is 1.91. The van der Waals surface area contributed by atoms with Crippen molar-refractivity contribution >= 4 is 41.7 Å². The van der Waals surface area contributed by atoms with Gasteiger partial charge in [0.25, 0.3) is 0 Å². The second kappa shape index (κ2) is 6.80. The van der Waals surface area contributed by atoms with Gasteiger partial charge in [-0.05, 0) is 27.1 Å². The van der Waals surface area contributed by atoms with Crippen LogP contribution in [0.15, 0.2) is 41.8 Å². The average Bonchev–Trinajstić information content (AvgIpc) is 3.03. The summed E-state index contributed by atoms with van der Waals surface area (Å²) >= 11 is 8.30. The fraction of sp³-hybridized carbons (Fsp3) is 0.0769. The second-order valence-electron chi connectivity index (χ2n) is 4.19. The minimum atomic E-state index is 0.484. The van der Waals surface area contributed by atoms with Crippen LogP contribution >= 0.6 is 41.7 Å². The predicted octanol–water partition coefficient (Wildman–Crippen LogP) is 3.83. The van der Waals surface area contributed by atoms with Crippen molar-refractivity contribution in [2.75, 3.05) is 7.11 Å². The molecule has 9 heteroatoms. The van der Waals surface area contributed by atoms with E-state index < -0.39 is 0 Å². The van der Waals surface area contributed by atoms with Crippen LogP contribution in [0.3, 0.4) is 0 Å². The molecule has 2 heterocycles. The van der Waals surface area contributed by atoms with E-state index in [2.05, 4.69) is 41.5 Å². The summed E-state index contributed by atoms with van der Waals surface area (Å²) in [4.78, 5) is 8.31. The van der Waals surface area contributed by atoms with Gasteiger partial charge in [-0.15, -0.1) is 5.10 Å². The molecule has 6 nitrogen and oxygen atoms in total. The maximum atomic E-state index is 6.14. The number of halogens is 2. The van der Waals surface area contributed by atoms with Crippen LogP contribution in [-0.4, -0.2) is 32.1 Å². The maximum Gasteiger partial charge on any atom is 0.216 e. The molecule has 0 radical (unpaired) electrons. The molecule has 3 aromatic rings. The highest BCUT2D eigenvalue weighted by Crippen LogP contribution is 2.30. The highest BCUT2D eigenvalue weighted by atomic mass is 127. The van der Waals surface area contributed by atoms with E-state index in [4.69, 9.17) is 16.3 Å². The highest BCUT2D eigenvalue weighted by Gasteiger charge is 2.12. The third kappa shape index (κ3) is 3.18. The van der Waals surface area contributed by atoms with Crippen molar-refractivity contribution in [3.05, 3.63) is 41.8 Å². The Labute approximate surface area is 147 Å². The molecular weight excluding hydrogens is 437 g/mol. The van der Waals surface area contributed by atoms with Crippen LogP contribution in [-0.2, 0) is 0 Å². The van der Waals surface area contributed by atoms with Gasteiger partial charge in [-0.25, -0.2) is 14.6 Å². The number of methoxy groups -OCH3 is 1. The molecule has 0 bridgehead atoms. The normalized spacial score (nSPS) is 10.7. The molecule has 0 amide bonds. The molecule has 0 atom stereocenters. The summed E-state index contributed by atoms with van der Waals surface area (Å²) in [6.07, 6.45) is 3.30. The largest absolute Gasteiger partial charge is 0.481 e. The first-order chi connectivity index (χ1) is 10.7. The van der Waals surface area contributed by atoms with Crippen LogP contribution in [0, 0.1) is 0 Å². The van der Waals surface area contributed by atoms with Crippen LogP contribution in [0.1, 0.15) is 0 Å². The molecule has 0 unspecified atom stereocenters. The standard InChI is InChI=1S/C13H9ClIN5OS/c1-21-12-5-10(16-7-17-12)9-4-8(14)2-3-11(9)20-6-13(22-15)18-19-20/h2-7H,1H3. The number of hydrogen-bond acceptors (Lipinski definition) is 6. The number of ether oxygens (including phenoxy) is 1. The Hall–Kier alpha value is -1.39. The van der Waals surface area contributed by atoms with E-state index in [9.17, 15) is 0 Å². The van der Waals surface area contributed by atoms with Gasteiger partial charge >= 0.3 is 0 Å². The lowest BCUT2D eigenvalue weighted by Gasteiger charge is -2.09. The Morgan fingerprint density at radius 3 is 2.86 bits per heavy atom. The molecular formula is C13H9ClIN5OS. The molecule has 112 valence electrons. The van der Waals surface area contributed by atoms with E-state index >= 15 is 0 Å². The van der Waals surface area contributed by atoms with E-state index in [1.807, 2.05) is 18.3 Å². The van der Waals surface area contributed by atoms with Crippen LogP contribution in [0.5, 0.6) is 5.88 Å². The van der Waals surface area contributed by atoms with E-state index in [0.717, 1.165) is 16.3 Å². The number of nitrogens with zero attached hydrogens (tertiary/aromatic N) is 5. The van der Waals surface area contributed by atoms with Gasteiger partial charge in [-0.3, -0.25) is 0 Å². The molecule has 0 spiro atoms. The van der Waals surface area contributed by atoms with E-state index in [-0.39, 0.29) is 0 Å². The van der Waals surface area contributed by atoms with Gasteiger partial charge in [0.15, 0.2) is 0 Å². The van der Waals surface area contributed by atoms with E-state index in [1.165, 1.54) is 15.3 Å². The fourth-order valence-corrected chi connectivity index (χ4v) is 2.90. The zero-order valence-electron chi connectivity index (χ0n) is 11.3. The topological polar surface area (TPSA) is 65.7 Å². The van der Waals surface area contributed by atoms with Gasteiger partial charge in [-0.1, -0.05) is 16.8 Å². The first-order valence-corrected chi connectivity index (χ1v) is 9.82. The third-order valence-corrected chi connectivity index (χ3v) is 4.82. The molecule has 0 aliphatic rings. The van der Waals surface area contributed by atoms with Crippen LogP contribution in [0.4, 0.5) is 0 Å². The first kappa shape index (κ1) is 15.5. The lowest BCUT2D eigenvalue weighted by atomic mass is 10.1. The summed E-state index contributed by atoms with van der Waals surface area (Å²) in [5.74, 6) is 0.484. The Morgan fingerprint density at radius 2 is 2.14 bits per heavy atom. The lowest BCUT2D eigenvalue weighted by Crippen LogP contribution is -2.00. The minimum Gasteiger partial charge on any atom is -0.481 e. The van der Waals surface area contributed by atoms with Crippen LogP contribution in [0.25, 0.3) is 16.9 Å². The summed E-state index contributed by atoms with van der Waals surface area (Å²) in [6.45, 7) is 0. The van der Waals surface area contributed by atoms with Crippen molar-refractivity contribution in [3.63, 3.8) is 0 Å². The molecule has 22 heavy (non-hydrogen) atoms. The van der Waals surface area contributed by atoms with Gasteiger partial charge in [0.05, 0.1) is 24.7 Å². The molecule has 0 aliphatic heterocycles. The zero-order chi connectivity index (χ0) is 15.5. The van der Waals surface area contributed by atoms with Crippen molar-refractivity contribution in [2.45, 2.75) is 5.03 Å². The number of rotatable bonds is 4. The van der Waals surface area contributed by atoms with E-state index in [0.29, 0.717) is 16.6 Å². The van der Waals surface area contributed by atoms with Gasteiger partial charge < -0.3 is 4.74 Å². The van der Waals surface area contributed by atoms with E-state index in [1.54, 1.807) is 23.9 Å². The molecule has 0 N–H and O–H groups in total. The Kier molecular flexibility index (Phi) is 4.79. The Morgan fingerprint density at radius 1 is 1.27 bits per heavy atom. The number of hydrogen-bond donors (Lipinski definition) is 0. The van der Waals surface area contributed by atoms with Crippen molar-refractivity contribution < 1.29 is 4.74 Å². The van der Waals surface area contributed by atoms with Crippen molar-refractivity contribution in [2.24, 2.45) is 0 Å². The minimum absolute atomic E-state index is 0.484. The summed E-state index contributed by atoms with van der Waals surface area (Å²) in [6, 6.07) is 7.26. The van der Waals surface area contributed by atoms with Crippen LogP contribution < -0.4 is 4.74 Å². The van der Waals surface area contributed by atoms with Crippen LogP contribution in [0.2, 0.25) is 5.02 Å². The third-order valence-electron chi connectivity index (χ3n) is 2.88. The molecule has 1 aromatic carbocycles. The SMILES string of the molecule is COc1cc(-c2cc(Cl)ccc2-n2cc(SI)nn2)ncn1. The number of aromatic nitrogens is 5. The van der Waals surface area contributed by atoms with Crippen molar-refractivity contribution in [1.82, 2.24) is 25.0 Å². The first-order valence-electron chi connectivity index (χ1n) is 6.08. The summed E-state index contributed by atoms with van der Waals surface area (Å²) in [7, 11) is 3.06. The van der Waals surface area contributed by atoms with Crippen molar-refractivity contribution in [3.8, 4) is 22.8 Å². The predicted molar refractivity (Wildman–Crippen MR) is 93.8 cm³/mol. The number of benzene rings is 1. The summed E-state index contributed by atoms with van der Waals surface area (Å²) < 4.78 is 6.85. The summed E-state index contributed by atoms with van der Waals surface area (Å²) in [5.41, 5.74) is 2.35. The Bertz CT molecular complexity index is 813. The molecule has 0 saturated heterocycles. The van der Waals surface area contributed by atoms with Gasteiger partial charge in [0, 0.05) is 37.9 Å². The maximum absolute atomic E-state index is 6.14. The van der Waals surface area contributed by atoms with Gasteiger partial charge in [0.1, 0.15) is 11.4 Å². The smallest absolute Gasteiger partial charge is 0.216 e. The molecule has 2 aromatic heterocycles. The molecule has 0 saturated carbocycles.